The summed E-state index contributed by atoms with van der Waals surface area (Å²) in [4.78, 5) is 4.89. The Morgan fingerprint density at radius 3 is 2.70 bits per heavy atom. The molecule has 4 heteroatoms. The van der Waals surface area contributed by atoms with Crippen molar-refractivity contribution in [3.05, 3.63) is 42.5 Å². The van der Waals surface area contributed by atoms with Crippen LogP contribution in [0.4, 0.5) is 11.4 Å². The first kappa shape index (κ1) is 13.7. The van der Waals surface area contributed by atoms with E-state index in [4.69, 9.17) is 16.3 Å². The first-order chi connectivity index (χ1) is 9.83. The fourth-order valence-electron chi connectivity index (χ4n) is 2.39. The number of methoxy groups -OCH3 is 1. The number of nitrogens with zero attached hydrogens (tertiary/aromatic N) is 1. The number of para-hydroxylation sites is 1. The second-order valence-corrected chi connectivity index (χ2v) is 6.06. The lowest BCUT2D eigenvalue weighted by Crippen LogP contribution is -2.22. The molecule has 0 bridgehead atoms. The topological polar surface area (TPSA) is 12.5 Å². The van der Waals surface area contributed by atoms with Gasteiger partial charge in [0, 0.05) is 28.3 Å². The third-order valence-corrected chi connectivity index (χ3v) is 4.75. The average molecular weight is 306 g/mol. The number of benzene rings is 2. The van der Waals surface area contributed by atoms with Crippen molar-refractivity contribution in [2.24, 2.45) is 0 Å². The van der Waals surface area contributed by atoms with Gasteiger partial charge in [-0.25, -0.2) is 0 Å². The van der Waals surface area contributed by atoms with Crippen molar-refractivity contribution in [3.8, 4) is 5.75 Å². The zero-order valence-corrected chi connectivity index (χ0v) is 12.9. The predicted octanol–water partition coefficient (Wildman–Crippen LogP) is 4.93. The first-order valence-corrected chi connectivity index (χ1v) is 7.97. The molecule has 0 N–H and O–H groups in total. The van der Waals surface area contributed by atoms with Crippen molar-refractivity contribution in [2.45, 2.75) is 16.2 Å². The van der Waals surface area contributed by atoms with E-state index in [1.54, 1.807) is 7.11 Å². The Labute approximate surface area is 128 Å². The van der Waals surface area contributed by atoms with Gasteiger partial charge in [-0.2, -0.15) is 0 Å². The zero-order valence-electron chi connectivity index (χ0n) is 11.3. The fraction of sp³-hybridized carbons (Fsp3) is 0.250. The lowest BCUT2D eigenvalue weighted by molar-refractivity contribution is 0.414. The van der Waals surface area contributed by atoms with Crippen LogP contribution in [-0.4, -0.2) is 19.5 Å². The summed E-state index contributed by atoms with van der Waals surface area (Å²) in [6.07, 6.45) is 0.956. The van der Waals surface area contributed by atoms with E-state index >= 15 is 0 Å². The van der Waals surface area contributed by atoms with E-state index in [1.165, 1.54) is 21.2 Å². The molecule has 0 radical (unpaired) electrons. The van der Waals surface area contributed by atoms with Crippen molar-refractivity contribution in [3.63, 3.8) is 0 Å². The zero-order chi connectivity index (χ0) is 13.9. The quantitative estimate of drug-likeness (QED) is 0.743. The monoisotopic (exact) mass is 305 g/mol. The maximum Gasteiger partial charge on any atom is 0.121 e. The maximum absolute atomic E-state index is 5.88. The largest absolute Gasteiger partial charge is 0.497 e. The molecular formula is C16H16ClNOS. The summed E-state index contributed by atoms with van der Waals surface area (Å²) in [5.74, 6) is 1.56. The van der Waals surface area contributed by atoms with E-state index in [1.807, 2.05) is 17.8 Å². The molecule has 3 rings (SSSR count). The normalized spacial score (nSPS) is 12.8. The molecule has 2 aromatic rings. The van der Waals surface area contributed by atoms with Crippen molar-refractivity contribution in [2.75, 3.05) is 24.4 Å². The Hall–Kier alpha value is -1.32. The molecule has 104 valence electrons. The van der Waals surface area contributed by atoms with Gasteiger partial charge in [0.05, 0.1) is 18.5 Å². The van der Waals surface area contributed by atoms with E-state index in [0.717, 1.165) is 18.7 Å². The van der Waals surface area contributed by atoms with E-state index in [9.17, 15) is 0 Å². The van der Waals surface area contributed by atoms with Crippen LogP contribution in [0.1, 0.15) is 6.42 Å². The van der Waals surface area contributed by atoms with Crippen LogP contribution in [0.3, 0.4) is 0 Å². The smallest absolute Gasteiger partial charge is 0.121 e. The number of hydrogen-bond acceptors (Lipinski definition) is 3. The van der Waals surface area contributed by atoms with E-state index in [2.05, 4.69) is 41.3 Å². The number of ether oxygens (including phenoxy) is 1. The molecule has 0 aliphatic carbocycles. The molecule has 0 amide bonds. The minimum atomic E-state index is 0.672. The Bertz CT molecular complexity index is 617. The van der Waals surface area contributed by atoms with Gasteiger partial charge in [-0.1, -0.05) is 23.9 Å². The third kappa shape index (κ3) is 2.48. The molecule has 0 unspecified atom stereocenters. The van der Waals surface area contributed by atoms with Gasteiger partial charge in [0.2, 0.25) is 0 Å². The van der Waals surface area contributed by atoms with Crippen LogP contribution in [0, 0.1) is 0 Å². The van der Waals surface area contributed by atoms with E-state index in [-0.39, 0.29) is 0 Å². The van der Waals surface area contributed by atoms with Gasteiger partial charge in [0.1, 0.15) is 5.75 Å². The summed E-state index contributed by atoms with van der Waals surface area (Å²) >= 11 is 7.69. The van der Waals surface area contributed by atoms with Gasteiger partial charge in [0.25, 0.3) is 0 Å². The maximum atomic E-state index is 5.88. The molecular weight excluding hydrogens is 290 g/mol. The second kappa shape index (κ2) is 5.98. The van der Waals surface area contributed by atoms with E-state index in [0.29, 0.717) is 5.88 Å². The average Bonchev–Trinajstić information content (AvgIpc) is 2.51. The first-order valence-electron chi connectivity index (χ1n) is 6.62. The lowest BCUT2D eigenvalue weighted by atomic mass is 10.2. The van der Waals surface area contributed by atoms with Crippen LogP contribution in [0.25, 0.3) is 0 Å². The molecule has 0 spiro atoms. The molecule has 1 heterocycles. The number of anilines is 2. The Balaban J connectivity index is 2.06. The highest BCUT2D eigenvalue weighted by molar-refractivity contribution is 7.99. The van der Waals surface area contributed by atoms with Crippen LogP contribution in [0.15, 0.2) is 52.3 Å². The molecule has 1 aliphatic heterocycles. The molecule has 0 saturated heterocycles. The highest BCUT2D eigenvalue weighted by atomic mass is 35.5. The SMILES string of the molecule is COc1ccc2c(c1)N(CCCCl)c1ccccc1S2. The van der Waals surface area contributed by atoms with Crippen LogP contribution in [0.2, 0.25) is 0 Å². The molecule has 20 heavy (non-hydrogen) atoms. The Morgan fingerprint density at radius 2 is 1.90 bits per heavy atom. The third-order valence-electron chi connectivity index (χ3n) is 3.35. The van der Waals surface area contributed by atoms with Gasteiger partial charge in [-0.15, -0.1) is 11.6 Å². The summed E-state index contributed by atoms with van der Waals surface area (Å²) in [5, 5.41) is 0. The van der Waals surface area contributed by atoms with Crippen molar-refractivity contribution >= 4 is 34.7 Å². The summed E-state index contributed by atoms with van der Waals surface area (Å²) < 4.78 is 5.36. The highest BCUT2D eigenvalue weighted by Crippen LogP contribution is 2.48. The molecule has 0 aromatic heterocycles. The lowest BCUT2D eigenvalue weighted by Gasteiger charge is -2.32. The second-order valence-electron chi connectivity index (χ2n) is 4.60. The van der Waals surface area contributed by atoms with Crippen LogP contribution in [-0.2, 0) is 0 Å². The number of alkyl halides is 1. The van der Waals surface area contributed by atoms with E-state index < -0.39 is 0 Å². The van der Waals surface area contributed by atoms with Crippen LogP contribution >= 0.6 is 23.4 Å². The number of fused-ring (bicyclic) bond motifs is 2. The van der Waals surface area contributed by atoms with Gasteiger partial charge >= 0.3 is 0 Å². The van der Waals surface area contributed by atoms with Gasteiger partial charge in [-0.05, 0) is 30.7 Å². The summed E-state index contributed by atoms with van der Waals surface area (Å²) in [7, 11) is 1.70. The molecule has 1 aliphatic rings. The Morgan fingerprint density at radius 1 is 1.10 bits per heavy atom. The van der Waals surface area contributed by atoms with Crippen LogP contribution in [0.5, 0.6) is 5.75 Å². The summed E-state index contributed by atoms with van der Waals surface area (Å²) in [6, 6.07) is 14.7. The fourth-order valence-corrected chi connectivity index (χ4v) is 3.59. The molecule has 2 nitrogen and oxygen atoms in total. The minimum absolute atomic E-state index is 0.672. The number of rotatable bonds is 4. The van der Waals surface area contributed by atoms with Crippen LogP contribution < -0.4 is 9.64 Å². The van der Waals surface area contributed by atoms with Crippen molar-refractivity contribution in [1.29, 1.82) is 0 Å². The molecule has 0 fully saturated rings. The van der Waals surface area contributed by atoms with Crippen molar-refractivity contribution < 1.29 is 4.74 Å². The summed E-state index contributed by atoms with van der Waals surface area (Å²) in [6.45, 7) is 0.918. The standard InChI is InChI=1S/C16H16ClNOS/c1-19-12-7-8-16-14(11-12)18(10-4-9-17)13-5-2-3-6-15(13)20-16/h2-3,5-8,11H,4,9-10H2,1H3. The van der Waals surface area contributed by atoms with Gasteiger partial charge in [-0.3, -0.25) is 0 Å². The number of hydrogen-bond donors (Lipinski definition) is 0. The highest BCUT2D eigenvalue weighted by Gasteiger charge is 2.23. The molecule has 2 aromatic carbocycles. The molecule has 0 atom stereocenters. The summed E-state index contributed by atoms with van der Waals surface area (Å²) in [5.41, 5.74) is 2.46. The molecule has 0 saturated carbocycles. The number of halogens is 1. The van der Waals surface area contributed by atoms with Crippen molar-refractivity contribution in [1.82, 2.24) is 0 Å². The Kier molecular flexibility index (Phi) is 4.08. The van der Waals surface area contributed by atoms with Gasteiger partial charge < -0.3 is 9.64 Å². The van der Waals surface area contributed by atoms with Gasteiger partial charge in [0.15, 0.2) is 0 Å². The minimum Gasteiger partial charge on any atom is -0.497 e. The predicted molar refractivity (Wildman–Crippen MR) is 85.9 cm³/mol.